The molecule has 0 radical (unpaired) electrons. The first-order valence-electron chi connectivity index (χ1n) is 15.3. The fraction of sp³-hybridized carbons (Fsp3) is 0.562. The van der Waals surface area contributed by atoms with Crippen molar-refractivity contribution in [3.05, 3.63) is 59.2 Å². The van der Waals surface area contributed by atoms with Gasteiger partial charge < -0.3 is 14.7 Å². The van der Waals surface area contributed by atoms with Crippen LogP contribution in [0.15, 0.2) is 58.0 Å². The Bertz CT molecular complexity index is 1380. The number of anilines is 1. The van der Waals surface area contributed by atoms with Crippen LogP contribution in [0.5, 0.6) is 5.75 Å². The Morgan fingerprint density at radius 3 is 2.81 bits per heavy atom. The summed E-state index contributed by atoms with van der Waals surface area (Å²) >= 11 is 6.42. The summed E-state index contributed by atoms with van der Waals surface area (Å²) in [6.45, 7) is 3.62. The Hall–Kier alpha value is -2.62. The zero-order valence-electron chi connectivity index (χ0n) is 24.3. The van der Waals surface area contributed by atoms with Crippen molar-refractivity contribution in [2.75, 3.05) is 30.3 Å². The van der Waals surface area contributed by atoms with E-state index in [1.807, 2.05) is 18.2 Å². The van der Waals surface area contributed by atoms with E-state index in [9.17, 15) is 18.9 Å². The van der Waals surface area contributed by atoms with Gasteiger partial charge in [0, 0.05) is 36.0 Å². The largest absolute Gasteiger partial charge is 0.491 e. The van der Waals surface area contributed by atoms with Gasteiger partial charge >= 0.3 is 0 Å². The molecule has 2 heterocycles. The Kier molecular flexibility index (Phi) is 10.1. The normalized spacial score (nSPS) is 32.8. The smallest absolute Gasteiger partial charge is 0.286 e. The van der Waals surface area contributed by atoms with Crippen molar-refractivity contribution < 1.29 is 23.6 Å². The van der Waals surface area contributed by atoms with Crippen LogP contribution in [-0.4, -0.2) is 52.7 Å². The SMILES string of the molecule is CCC(=O)NS1(=O)=NC(=O)c2ccc3c(c2)N(CC2C=CC(Cl)=CC2CCCCO3)C[C@@H]2CC[C@H]2[C@@H](O)/C=C/CCC1. The predicted molar refractivity (Wildman–Crippen MR) is 167 cm³/mol. The number of ether oxygens (including phenoxy) is 1. The molecule has 1 aromatic carbocycles. The molecule has 1 fully saturated rings. The molecule has 1 aromatic rings. The summed E-state index contributed by atoms with van der Waals surface area (Å²) in [5.41, 5.74) is 1.09. The lowest BCUT2D eigenvalue weighted by atomic mass is 9.70. The third-order valence-electron chi connectivity index (χ3n) is 8.91. The number of nitrogens with zero attached hydrogens (tertiary/aromatic N) is 2. The predicted octanol–water partition coefficient (Wildman–Crippen LogP) is 5.77. The van der Waals surface area contributed by atoms with Gasteiger partial charge in [0.2, 0.25) is 5.91 Å². The van der Waals surface area contributed by atoms with Crippen molar-refractivity contribution >= 4 is 39.0 Å². The van der Waals surface area contributed by atoms with E-state index >= 15 is 0 Å². The van der Waals surface area contributed by atoms with Gasteiger partial charge in [0.15, 0.2) is 0 Å². The van der Waals surface area contributed by atoms with E-state index in [0.717, 1.165) is 42.8 Å². The Morgan fingerprint density at radius 2 is 2.02 bits per heavy atom. The van der Waals surface area contributed by atoms with Gasteiger partial charge in [-0.05, 0) is 87.0 Å². The van der Waals surface area contributed by atoms with Gasteiger partial charge in [-0.15, -0.1) is 4.36 Å². The van der Waals surface area contributed by atoms with Crippen LogP contribution in [0.4, 0.5) is 5.69 Å². The van der Waals surface area contributed by atoms with Gasteiger partial charge in [0.05, 0.1) is 24.2 Å². The third kappa shape index (κ3) is 7.47. The molecule has 0 aromatic heterocycles. The minimum Gasteiger partial charge on any atom is -0.491 e. The molecule has 2 bridgehead atoms. The molecule has 0 spiro atoms. The minimum absolute atomic E-state index is 0.0443. The number of rotatable bonds is 2. The number of allylic oxidation sites excluding steroid dienone is 4. The molecule has 2 aliphatic carbocycles. The molecular weight excluding hydrogens is 574 g/mol. The maximum absolute atomic E-state index is 13.7. The molecule has 0 saturated heterocycles. The number of carbonyl (C=O) groups is 2. The number of hydrogen-bond donors (Lipinski definition) is 2. The van der Waals surface area contributed by atoms with E-state index in [1.165, 1.54) is 0 Å². The molecule has 10 heteroatoms. The maximum atomic E-state index is 13.7. The first kappa shape index (κ1) is 30.8. The summed E-state index contributed by atoms with van der Waals surface area (Å²) in [5.74, 6) is 0.626. The summed E-state index contributed by atoms with van der Waals surface area (Å²) in [6, 6.07) is 5.26. The highest BCUT2D eigenvalue weighted by Crippen LogP contribution is 2.42. The highest BCUT2D eigenvalue weighted by Gasteiger charge is 2.37. The molecule has 5 rings (SSSR count). The van der Waals surface area contributed by atoms with Crippen molar-refractivity contribution in [1.29, 1.82) is 0 Å². The topological polar surface area (TPSA) is 108 Å². The molecule has 2 aliphatic heterocycles. The first-order valence-corrected chi connectivity index (χ1v) is 17.3. The molecule has 1 saturated carbocycles. The molecule has 4 aliphatic rings. The summed E-state index contributed by atoms with van der Waals surface area (Å²) in [6.07, 6.45) is 15.5. The van der Waals surface area contributed by atoms with Crippen LogP contribution in [-0.2, 0) is 14.7 Å². The summed E-state index contributed by atoms with van der Waals surface area (Å²) in [5, 5.41) is 11.8. The molecule has 8 nitrogen and oxygen atoms in total. The molecule has 42 heavy (non-hydrogen) atoms. The van der Waals surface area contributed by atoms with Crippen LogP contribution in [0, 0.1) is 23.7 Å². The number of aliphatic hydroxyl groups excluding tert-OH is 1. The van der Waals surface area contributed by atoms with E-state index in [-0.39, 0.29) is 29.9 Å². The number of amides is 2. The van der Waals surface area contributed by atoms with Gasteiger partial charge in [0.1, 0.15) is 15.7 Å². The van der Waals surface area contributed by atoms with Gasteiger partial charge in [-0.1, -0.05) is 42.8 Å². The summed E-state index contributed by atoms with van der Waals surface area (Å²) < 4.78 is 26.6. The number of aliphatic hydroxyl groups is 1. The zero-order chi connectivity index (χ0) is 29.7. The average Bonchev–Trinajstić information content (AvgIpc) is 2.97. The van der Waals surface area contributed by atoms with E-state index in [2.05, 4.69) is 26.1 Å². The van der Waals surface area contributed by atoms with Crippen LogP contribution >= 0.6 is 11.6 Å². The lowest BCUT2D eigenvalue weighted by molar-refractivity contribution is -0.118. The maximum Gasteiger partial charge on any atom is 0.286 e. The molecular formula is C32H42ClN3O5S. The van der Waals surface area contributed by atoms with Crippen LogP contribution in [0.2, 0.25) is 0 Å². The van der Waals surface area contributed by atoms with Gasteiger partial charge in [0.25, 0.3) is 5.91 Å². The molecule has 3 unspecified atom stereocenters. The lowest BCUT2D eigenvalue weighted by Crippen LogP contribution is -2.44. The van der Waals surface area contributed by atoms with Crippen LogP contribution in [0.3, 0.4) is 0 Å². The first-order chi connectivity index (χ1) is 20.2. The van der Waals surface area contributed by atoms with Crippen LogP contribution in [0.25, 0.3) is 0 Å². The molecule has 228 valence electrons. The Morgan fingerprint density at radius 1 is 1.17 bits per heavy atom. The second-order valence-electron chi connectivity index (χ2n) is 11.9. The zero-order valence-corrected chi connectivity index (χ0v) is 25.8. The van der Waals surface area contributed by atoms with E-state index in [1.54, 1.807) is 25.1 Å². The standard InChI is InChI=1S/C32H42ClN3O5S/c1-2-31(38)34-42(40)17-7-3-4-9-29(37)27-14-11-25(27)21-36-20-24-10-13-26(33)18-22(24)8-5-6-16-41-30-15-12-23(19-28(30)36)32(39)35-42/h4,9-10,12-13,15,18-19,22,24-25,27,29,37H,2-3,5-8,11,14,16-17,20-21H2,1H3,(H,34,35,38,39,40)/b9-4+/t22?,24?,25-,27+,29-,42?/m0/s1. The highest BCUT2D eigenvalue weighted by molar-refractivity contribution is 7.92. The molecule has 2 amide bonds. The van der Waals surface area contributed by atoms with E-state index in [4.69, 9.17) is 16.3 Å². The van der Waals surface area contributed by atoms with Crippen molar-refractivity contribution in [1.82, 2.24) is 4.72 Å². The second-order valence-corrected chi connectivity index (χ2v) is 14.4. The monoisotopic (exact) mass is 615 g/mol. The van der Waals surface area contributed by atoms with Gasteiger partial charge in [-0.25, -0.2) is 4.21 Å². The molecule has 2 N–H and O–H groups in total. The second kappa shape index (κ2) is 13.8. The van der Waals surface area contributed by atoms with E-state index in [0.29, 0.717) is 49.8 Å². The number of nitrogens with one attached hydrogen (secondary N) is 1. The van der Waals surface area contributed by atoms with Crippen LogP contribution in [0.1, 0.15) is 68.6 Å². The molecule has 6 atom stereocenters. The fourth-order valence-electron chi connectivity index (χ4n) is 6.33. The summed E-state index contributed by atoms with van der Waals surface area (Å²) in [4.78, 5) is 28.0. The van der Waals surface area contributed by atoms with Crippen molar-refractivity contribution in [2.45, 2.75) is 64.4 Å². The number of halogens is 1. The number of benzene rings is 1. The number of fused-ring (bicyclic) bond motifs is 3. The summed E-state index contributed by atoms with van der Waals surface area (Å²) in [7, 11) is -3.33. The number of hydrogen-bond acceptors (Lipinski definition) is 6. The van der Waals surface area contributed by atoms with E-state index < -0.39 is 27.8 Å². The average molecular weight is 616 g/mol. The Labute approximate surface area is 254 Å². The van der Waals surface area contributed by atoms with Crippen molar-refractivity contribution in [3.63, 3.8) is 0 Å². The van der Waals surface area contributed by atoms with Crippen molar-refractivity contribution in [3.8, 4) is 5.75 Å². The quantitative estimate of drug-likeness (QED) is 0.409. The fourth-order valence-corrected chi connectivity index (χ4v) is 8.24. The highest BCUT2D eigenvalue weighted by atomic mass is 35.5. The van der Waals surface area contributed by atoms with Gasteiger partial charge in [-0.3, -0.25) is 14.3 Å². The third-order valence-corrected chi connectivity index (χ3v) is 11.0. The Balaban J connectivity index is 1.58. The number of carbonyl (C=O) groups excluding carboxylic acids is 2. The van der Waals surface area contributed by atoms with Crippen LogP contribution < -0.4 is 14.4 Å². The lowest BCUT2D eigenvalue weighted by Gasteiger charge is -2.43. The van der Waals surface area contributed by atoms with Gasteiger partial charge in [-0.2, -0.15) is 0 Å². The van der Waals surface area contributed by atoms with Crippen molar-refractivity contribution in [2.24, 2.45) is 28.0 Å². The minimum atomic E-state index is -3.33.